The molecule has 2 aliphatic heterocycles. The minimum Gasteiger partial charge on any atom is -0.392 e. The average molecular weight is 596 g/mol. The third-order valence-electron chi connectivity index (χ3n) is 9.75. The number of aliphatic hydroxyl groups excluding tert-OH is 1. The molecule has 1 aromatic carbocycles. The molecule has 9 heteroatoms. The molecule has 1 aliphatic carbocycles. The number of benzene rings is 1. The first kappa shape index (κ1) is 28.7. The Bertz CT molecular complexity index is 1810. The van der Waals surface area contributed by atoms with Gasteiger partial charge in [0.2, 0.25) is 0 Å². The number of hydrogen-bond donors (Lipinski definition) is 1. The molecule has 5 heterocycles. The van der Waals surface area contributed by atoms with Crippen molar-refractivity contribution in [2.24, 2.45) is 7.05 Å². The molecule has 8 nitrogen and oxygen atoms in total. The van der Waals surface area contributed by atoms with Gasteiger partial charge in [-0.3, -0.25) is 19.5 Å². The summed E-state index contributed by atoms with van der Waals surface area (Å²) in [5, 5.41) is 10.6. The summed E-state index contributed by atoms with van der Waals surface area (Å²) in [4.78, 5) is 35.6. The molecule has 3 aliphatic rings. The van der Waals surface area contributed by atoms with E-state index >= 15 is 4.39 Å². The van der Waals surface area contributed by atoms with Crippen molar-refractivity contribution in [2.75, 3.05) is 25.0 Å². The number of nitrogens with zero attached hydrogens (tertiary/aromatic N) is 5. The number of anilines is 1. The quantitative estimate of drug-likeness (QED) is 0.347. The summed E-state index contributed by atoms with van der Waals surface area (Å²) in [5.74, 6) is -0.693. The van der Waals surface area contributed by atoms with Gasteiger partial charge in [0.15, 0.2) is 0 Å². The molecule has 0 unspecified atom stereocenters. The molecule has 1 atom stereocenters. The Balaban J connectivity index is 1.23. The van der Waals surface area contributed by atoms with Crippen LogP contribution < -0.4 is 10.5 Å². The first-order valence-electron chi connectivity index (χ1n) is 15.6. The lowest BCUT2D eigenvalue weighted by atomic mass is 9.96. The number of pyridine rings is 2. The van der Waals surface area contributed by atoms with Crippen LogP contribution in [0.1, 0.15) is 75.9 Å². The van der Waals surface area contributed by atoms with Gasteiger partial charge < -0.3 is 19.1 Å². The van der Waals surface area contributed by atoms with Crippen LogP contribution >= 0.6 is 0 Å². The Hall–Kier alpha value is -4.08. The zero-order valence-corrected chi connectivity index (χ0v) is 25.4. The van der Waals surface area contributed by atoms with Crippen molar-refractivity contribution in [1.82, 2.24) is 19.0 Å². The fraction of sp³-hybridized carbons (Fsp3) is 0.400. The molecule has 1 fully saturated rings. The van der Waals surface area contributed by atoms with Gasteiger partial charge in [0.25, 0.3) is 11.5 Å². The summed E-state index contributed by atoms with van der Waals surface area (Å²) in [6.07, 6.45) is 10.4. The van der Waals surface area contributed by atoms with E-state index in [1.807, 2.05) is 18.3 Å². The topological polar surface area (TPSA) is 83.6 Å². The van der Waals surface area contributed by atoms with Crippen LogP contribution in [0.2, 0.25) is 0 Å². The Morgan fingerprint density at radius 1 is 1.00 bits per heavy atom. The number of amides is 1. The monoisotopic (exact) mass is 595 g/mol. The minimum atomic E-state index is -0.509. The molecule has 1 amide bonds. The Labute approximate surface area is 256 Å². The summed E-state index contributed by atoms with van der Waals surface area (Å²) >= 11 is 0. The number of carbonyl (C=O) groups is 1. The first-order valence-corrected chi connectivity index (χ1v) is 15.6. The molecule has 7 rings (SSSR count). The van der Waals surface area contributed by atoms with Gasteiger partial charge in [-0.05, 0) is 105 Å². The zero-order valence-electron chi connectivity index (χ0n) is 25.4. The van der Waals surface area contributed by atoms with Gasteiger partial charge in [-0.25, -0.2) is 4.39 Å². The van der Waals surface area contributed by atoms with E-state index in [4.69, 9.17) is 0 Å². The summed E-state index contributed by atoms with van der Waals surface area (Å²) < 4.78 is 18.9. The highest BCUT2D eigenvalue weighted by Crippen LogP contribution is 2.36. The lowest BCUT2D eigenvalue weighted by Crippen LogP contribution is -2.41. The average Bonchev–Trinajstić information content (AvgIpc) is 3.63. The maximum absolute atomic E-state index is 15.3. The number of halogens is 1. The standard InChI is InChI=1S/C35H38FN5O3/c1-38-11-5-8-30(38)23-9-10-27(37-19-23)15-24-14-25(20-39(2)34(24)43)28-17-26(36)18-32(29(28)21-42)41-13-12-40-31-7-4-3-6-22(31)16-33(40)35(41)44/h9-10,14,16-20,30,42H,3-8,11-13,15,21H2,1-2H3/t30-/m0/s1. The van der Waals surface area contributed by atoms with Crippen molar-refractivity contribution in [3.05, 3.63) is 104 Å². The first-order chi connectivity index (χ1) is 21.3. The van der Waals surface area contributed by atoms with E-state index in [-0.39, 0.29) is 18.1 Å². The second-order valence-electron chi connectivity index (χ2n) is 12.5. The highest BCUT2D eigenvalue weighted by molar-refractivity contribution is 6.07. The molecule has 1 saturated heterocycles. The molecule has 3 aromatic heterocycles. The molecule has 0 radical (unpaired) electrons. The van der Waals surface area contributed by atoms with Crippen LogP contribution in [0.15, 0.2) is 53.6 Å². The fourth-order valence-electron chi connectivity index (χ4n) is 7.47. The van der Waals surface area contributed by atoms with Crippen LogP contribution in [-0.4, -0.2) is 50.2 Å². The minimum absolute atomic E-state index is 0.159. The molecule has 0 saturated carbocycles. The van der Waals surface area contributed by atoms with Crippen molar-refractivity contribution in [3.8, 4) is 11.1 Å². The van der Waals surface area contributed by atoms with Crippen molar-refractivity contribution in [2.45, 2.75) is 64.1 Å². The highest BCUT2D eigenvalue weighted by Gasteiger charge is 2.32. The number of rotatable bonds is 6. The van der Waals surface area contributed by atoms with Gasteiger partial charge in [0.05, 0.1) is 12.3 Å². The normalized spacial score (nSPS) is 18.5. The highest BCUT2D eigenvalue weighted by atomic mass is 19.1. The van der Waals surface area contributed by atoms with Crippen molar-refractivity contribution < 1.29 is 14.3 Å². The van der Waals surface area contributed by atoms with Gasteiger partial charge in [-0.2, -0.15) is 0 Å². The van der Waals surface area contributed by atoms with E-state index in [0.29, 0.717) is 59.2 Å². The lowest BCUT2D eigenvalue weighted by Gasteiger charge is -2.31. The second-order valence-corrected chi connectivity index (χ2v) is 12.5. The Morgan fingerprint density at radius 3 is 2.59 bits per heavy atom. The van der Waals surface area contributed by atoms with Gasteiger partial charge in [-0.1, -0.05) is 6.07 Å². The van der Waals surface area contributed by atoms with Crippen LogP contribution in [0.5, 0.6) is 0 Å². The van der Waals surface area contributed by atoms with Crippen molar-refractivity contribution in [3.63, 3.8) is 0 Å². The third-order valence-corrected chi connectivity index (χ3v) is 9.75. The number of carbonyl (C=O) groups excluding carboxylic acids is 1. The number of likely N-dealkylation sites (tertiary alicyclic amines) is 1. The molecule has 44 heavy (non-hydrogen) atoms. The molecular weight excluding hydrogens is 557 g/mol. The van der Waals surface area contributed by atoms with Crippen LogP contribution in [0.3, 0.4) is 0 Å². The van der Waals surface area contributed by atoms with Gasteiger partial charge >= 0.3 is 0 Å². The van der Waals surface area contributed by atoms with E-state index < -0.39 is 5.82 Å². The predicted molar refractivity (Wildman–Crippen MR) is 167 cm³/mol. The third kappa shape index (κ3) is 4.98. The molecule has 228 valence electrons. The molecule has 1 N–H and O–H groups in total. The molecule has 0 bridgehead atoms. The van der Waals surface area contributed by atoms with E-state index in [1.165, 1.54) is 39.9 Å². The van der Waals surface area contributed by atoms with E-state index in [1.54, 1.807) is 24.2 Å². The molecular formula is C35H38FN5O3. The number of aliphatic hydroxyl groups is 1. The van der Waals surface area contributed by atoms with Gasteiger partial charge in [0, 0.05) is 67.5 Å². The smallest absolute Gasteiger partial charge is 0.274 e. The largest absolute Gasteiger partial charge is 0.392 e. The summed E-state index contributed by atoms with van der Waals surface area (Å²) in [6.45, 7) is 1.71. The number of hydrogen-bond acceptors (Lipinski definition) is 5. The zero-order chi connectivity index (χ0) is 30.5. The van der Waals surface area contributed by atoms with Crippen LogP contribution in [0.25, 0.3) is 11.1 Å². The fourth-order valence-corrected chi connectivity index (χ4v) is 7.47. The van der Waals surface area contributed by atoms with Crippen molar-refractivity contribution >= 4 is 11.6 Å². The number of aryl methyl sites for hydroxylation is 2. The predicted octanol–water partition coefficient (Wildman–Crippen LogP) is 4.78. The number of fused-ring (bicyclic) bond motifs is 3. The van der Waals surface area contributed by atoms with E-state index in [0.717, 1.165) is 44.3 Å². The van der Waals surface area contributed by atoms with E-state index in [2.05, 4.69) is 27.6 Å². The summed E-state index contributed by atoms with van der Waals surface area (Å²) in [5.41, 5.74) is 7.29. The Morgan fingerprint density at radius 2 is 1.84 bits per heavy atom. The SMILES string of the molecule is CN1CCC[C@H]1c1ccc(Cc2cc(-c3cc(F)cc(N4CCn5c(cc6c5CCCC6)C4=O)c3CO)cn(C)c2=O)nc1. The number of aromatic nitrogens is 3. The van der Waals surface area contributed by atoms with Crippen LogP contribution in [0.4, 0.5) is 10.1 Å². The van der Waals surface area contributed by atoms with Gasteiger partial charge in [-0.15, -0.1) is 0 Å². The summed E-state index contributed by atoms with van der Waals surface area (Å²) in [7, 11) is 3.80. The van der Waals surface area contributed by atoms with E-state index in [9.17, 15) is 14.7 Å². The molecule has 4 aromatic rings. The maximum Gasteiger partial charge on any atom is 0.274 e. The van der Waals surface area contributed by atoms with Crippen LogP contribution in [-0.2, 0) is 39.5 Å². The van der Waals surface area contributed by atoms with Crippen LogP contribution in [0, 0.1) is 5.82 Å². The second kappa shape index (κ2) is 11.4. The van der Waals surface area contributed by atoms with Crippen molar-refractivity contribution in [1.29, 1.82) is 0 Å². The summed E-state index contributed by atoms with van der Waals surface area (Å²) in [6, 6.07) is 10.9. The van der Waals surface area contributed by atoms with Gasteiger partial charge in [0.1, 0.15) is 11.5 Å². The maximum atomic E-state index is 15.3. The lowest BCUT2D eigenvalue weighted by molar-refractivity contribution is 0.0964. The Kier molecular flexibility index (Phi) is 7.46. The molecule has 0 spiro atoms.